The Kier molecular flexibility index (Phi) is 4.50. The third kappa shape index (κ3) is 3.12. The summed E-state index contributed by atoms with van der Waals surface area (Å²) in [7, 11) is 0. The molecule has 88 valence electrons. The maximum Gasteiger partial charge on any atom is 0.0407 e. The molecule has 0 spiro atoms. The fourth-order valence-corrected chi connectivity index (χ4v) is 2.63. The number of hydrogen-bond donors (Lipinski definition) is 0. The Hall–Kier alpha value is -0.250. The molecule has 2 nitrogen and oxygen atoms in total. The number of anilines is 1. The fraction of sp³-hybridized carbons (Fsp3) is 0.500. The highest BCUT2D eigenvalue weighted by atomic mass is 79.9. The Balaban J connectivity index is 1.91. The van der Waals surface area contributed by atoms with Crippen LogP contribution in [-0.4, -0.2) is 43.0 Å². The second-order valence-corrected chi connectivity index (χ2v) is 5.22. The molecule has 0 atom stereocenters. The van der Waals surface area contributed by atoms with Crippen molar-refractivity contribution >= 4 is 33.2 Å². The van der Waals surface area contributed by atoms with E-state index < -0.39 is 0 Å². The van der Waals surface area contributed by atoms with E-state index in [9.17, 15) is 0 Å². The lowest BCUT2D eigenvalue weighted by molar-refractivity contribution is 0.274. The van der Waals surface area contributed by atoms with Gasteiger partial charge in [-0.25, -0.2) is 0 Å². The lowest BCUT2D eigenvalue weighted by Crippen LogP contribution is -2.46. The highest BCUT2D eigenvalue weighted by Crippen LogP contribution is 2.19. The first kappa shape index (κ1) is 12.2. The Morgan fingerprint density at radius 2 is 1.69 bits per heavy atom. The number of nitrogens with zero attached hydrogens (tertiary/aromatic N) is 2. The average Bonchev–Trinajstić information content (AvgIpc) is 2.32. The van der Waals surface area contributed by atoms with Gasteiger partial charge >= 0.3 is 0 Å². The molecule has 0 N–H and O–H groups in total. The van der Waals surface area contributed by atoms with E-state index in [-0.39, 0.29) is 0 Å². The van der Waals surface area contributed by atoms with Gasteiger partial charge in [0.1, 0.15) is 0 Å². The predicted octanol–water partition coefficient (Wildman–Crippen LogP) is 2.86. The lowest BCUT2D eigenvalue weighted by atomic mass is 10.2. The predicted molar refractivity (Wildman–Crippen MR) is 73.9 cm³/mol. The van der Waals surface area contributed by atoms with Gasteiger partial charge in [0.25, 0.3) is 0 Å². The van der Waals surface area contributed by atoms with Crippen LogP contribution in [0.3, 0.4) is 0 Å². The number of hydrogen-bond acceptors (Lipinski definition) is 2. The third-order valence-corrected chi connectivity index (χ3v) is 3.57. The van der Waals surface area contributed by atoms with Crippen molar-refractivity contribution in [3.63, 3.8) is 0 Å². The van der Waals surface area contributed by atoms with Crippen LogP contribution < -0.4 is 4.90 Å². The maximum absolute atomic E-state index is 5.88. The molecule has 1 aromatic carbocycles. The lowest BCUT2D eigenvalue weighted by Gasteiger charge is -2.35. The van der Waals surface area contributed by atoms with Crippen LogP contribution >= 0.6 is 27.5 Å². The maximum atomic E-state index is 5.88. The molecule has 1 heterocycles. The summed E-state index contributed by atoms with van der Waals surface area (Å²) in [6.45, 7) is 5.65. The molecule has 2 rings (SSSR count). The molecule has 0 saturated carbocycles. The summed E-state index contributed by atoms with van der Waals surface area (Å²) in [6.07, 6.45) is 0. The van der Waals surface area contributed by atoms with Crippen molar-refractivity contribution in [3.8, 4) is 0 Å². The number of piperazine rings is 1. The standard InChI is InChI=1S/C12H16BrClN2/c13-5-6-15-7-9-16(10-8-15)12-3-1-11(14)2-4-12/h1-4H,5-10H2. The van der Waals surface area contributed by atoms with Crippen molar-refractivity contribution in [1.29, 1.82) is 0 Å². The highest BCUT2D eigenvalue weighted by Gasteiger charge is 2.16. The molecule has 1 aliphatic heterocycles. The van der Waals surface area contributed by atoms with Crippen LogP contribution in [0.1, 0.15) is 0 Å². The normalized spacial score (nSPS) is 17.8. The van der Waals surface area contributed by atoms with Gasteiger partial charge in [0, 0.05) is 48.8 Å². The molecular weight excluding hydrogens is 288 g/mol. The first-order chi connectivity index (χ1) is 7.79. The van der Waals surface area contributed by atoms with Crippen LogP contribution in [0.4, 0.5) is 5.69 Å². The van der Waals surface area contributed by atoms with E-state index in [0.29, 0.717) is 0 Å². The minimum atomic E-state index is 0.807. The van der Waals surface area contributed by atoms with Crippen molar-refractivity contribution < 1.29 is 0 Å². The van der Waals surface area contributed by atoms with Crippen LogP contribution in [0.15, 0.2) is 24.3 Å². The molecule has 0 unspecified atom stereocenters. The Bertz CT molecular complexity index is 320. The van der Waals surface area contributed by atoms with Gasteiger partial charge in [0.05, 0.1) is 0 Å². The summed E-state index contributed by atoms with van der Waals surface area (Å²) in [5.74, 6) is 0. The summed E-state index contributed by atoms with van der Waals surface area (Å²) in [5.41, 5.74) is 1.28. The zero-order valence-electron chi connectivity index (χ0n) is 9.20. The molecule has 0 aliphatic carbocycles. The molecule has 0 bridgehead atoms. The molecule has 16 heavy (non-hydrogen) atoms. The molecular formula is C12H16BrClN2. The summed E-state index contributed by atoms with van der Waals surface area (Å²) >= 11 is 9.37. The molecule has 4 heteroatoms. The van der Waals surface area contributed by atoms with Crippen LogP contribution in [-0.2, 0) is 0 Å². The molecule has 0 amide bonds. The van der Waals surface area contributed by atoms with Gasteiger partial charge in [-0.15, -0.1) is 0 Å². The van der Waals surface area contributed by atoms with Gasteiger partial charge in [-0.05, 0) is 24.3 Å². The number of halogens is 2. The van der Waals surface area contributed by atoms with Crippen molar-refractivity contribution in [2.75, 3.05) is 43.0 Å². The van der Waals surface area contributed by atoms with E-state index in [0.717, 1.165) is 43.1 Å². The van der Waals surface area contributed by atoms with Crippen LogP contribution in [0.25, 0.3) is 0 Å². The minimum absolute atomic E-state index is 0.807. The van der Waals surface area contributed by atoms with Crippen molar-refractivity contribution in [2.45, 2.75) is 0 Å². The van der Waals surface area contributed by atoms with E-state index in [1.165, 1.54) is 5.69 Å². The summed E-state index contributed by atoms with van der Waals surface area (Å²) in [6, 6.07) is 8.12. The summed E-state index contributed by atoms with van der Waals surface area (Å²) in [4.78, 5) is 4.90. The van der Waals surface area contributed by atoms with Gasteiger partial charge in [-0.3, -0.25) is 4.90 Å². The van der Waals surface area contributed by atoms with Gasteiger partial charge in [-0.2, -0.15) is 0 Å². The van der Waals surface area contributed by atoms with Gasteiger partial charge in [0.2, 0.25) is 0 Å². The van der Waals surface area contributed by atoms with E-state index in [4.69, 9.17) is 11.6 Å². The Morgan fingerprint density at radius 1 is 1.06 bits per heavy atom. The number of rotatable bonds is 3. The average molecular weight is 304 g/mol. The second-order valence-electron chi connectivity index (χ2n) is 3.99. The molecule has 1 aromatic rings. The minimum Gasteiger partial charge on any atom is -0.369 e. The molecule has 0 aromatic heterocycles. The quantitative estimate of drug-likeness (QED) is 0.792. The van der Waals surface area contributed by atoms with Crippen LogP contribution in [0, 0.1) is 0 Å². The monoisotopic (exact) mass is 302 g/mol. The van der Waals surface area contributed by atoms with E-state index in [1.807, 2.05) is 12.1 Å². The molecule has 0 radical (unpaired) electrons. The van der Waals surface area contributed by atoms with Crippen molar-refractivity contribution in [1.82, 2.24) is 4.90 Å². The van der Waals surface area contributed by atoms with Gasteiger partial charge in [-0.1, -0.05) is 27.5 Å². The summed E-state index contributed by atoms with van der Waals surface area (Å²) in [5, 5.41) is 1.87. The number of alkyl halides is 1. The van der Waals surface area contributed by atoms with Crippen molar-refractivity contribution in [3.05, 3.63) is 29.3 Å². The Morgan fingerprint density at radius 3 is 2.25 bits per heavy atom. The first-order valence-corrected chi connectivity index (χ1v) is 7.08. The van der Waals surface area contributed by atoms with Gasteiger partial charge < -0.3 is 4.90 Å². The molecule has 1 aliphatic rings. The third-order valence-electron chi connectivity index (χ3n) is 2.96. The Labute approximate surface area is 110 Å². The van der Waals surface area contributed by atoms with Crippen LogP contribution in [0.2, 0.25) is 5.02 Å². The topological polar surface area (TPSA) is 6.48 Å². The highest BCUT2D eigenvalue weighted by molar-refractivity contribution is 9.09. The smallest absolute Gasteiger partial charge is 0.0407 e. The van der Waals surface area contributed by atoms with E-state index in [2.05, 4.69) is 37.9 Å². The second kappa shape index (κ2) is 5.89. The molecule has 1 saturated heterocycles. The van der Waals surface area contributed by atoms with Crippen LogP contribution in [0.5, 0.6) is 0 Å². The largest absolute Gasteiger partial charge is 0.369 e. The van der Waals surface area contributed by atoms with E-state index in [1.54, 1.807) is 0 Å². The zero-order chi connectivity index (χ0) is 11.4. The van der Waals surface area contributed by atoms with Crippen molar-refractivity contribution in [2.24, 2.45) is 0 Å². The molecule has 1 fully saturated rings. The zero-order valence-corrected chi connectivity index (χ0v) is 11.5. The number of benzene rings is 1. The van der Waals surface area contributed by atoms with E-state index >= 15 is 0 Å². The fourth-order valence-electron chi connectivity index (χ4n) is 2.00. The first-order valence-electron chi connectivity index (χ1n) is 5.58. The van der Waals surface area contributed by atoms with Gasteiger partial charge in [0.15, 0.2) is 0 Å². The summed E-state index contributed by atoms with van der Waals surface area (Å²) < 4.78 is 0. The SMILES string of the molecule is Clc1ccc(N2CCN(CCBr)CC2)cc1.